The van der Waals surface area contributed by atoms with Crippen LogP contribution in [0.15, 0.2) is 18.2 Å². The highest BCUT2D eigenvalue weighted by atomic mass is 16.5. The molecule has 0 unspecified atom stereocenters. The summed E-state index contributed by atoms with van der Waals surface area (Å²) in [4.78, 5) is 0. The summed E-state index contributed by atoms with van der Waals surface area (Å²) in [5, 5.41) is 9.81. The fourth-order valence-electron chi connectivity index (χ4n) is 3.50. The van der Waals surface area contributed by atoms with Crippen molar-refractivity contribution in [3.8, 4) is 5.75 Å². The molecule has 0 saturated heterocycles. The van der Waals surface area contributed by atoms with Gasteiger partial charge in [-0.1, -0.05) is 19.4 Å². The van der Waals surface area contributed by atoms with E-state index in [0.717, 1.165) is 30.1 Å². The number of fused-ring (bicyclic) bond motifs is 1. The van der Waals surface area contributed by atoms with Gasteiger partial charge in [0.15, 0.2) is 0 Å². The van der Waals surface area contributed by atoms with E-state index in [-0.39, 0.29) is 6.10 Å². The largest absolute Gasteiger partial charge is 0.490 e. The maximum absolute atomic E-state index is 9.81. The second-order valence-corrected chi connectivity index (χ2v) is 6.08. The summed E-state index contributed by atoms with van der Waals surface area (Å²) in [7, 11) is 0. The molecule has 2 heteroatoms. The summed E-state index contributed by atoms with van der Waals surface area (Å²) in [6.07, 6.45) is 8.29. The van der Waals surface area contributed by atoms with Gasteiger partial charge in [0.1, 0.15) is 5.75 Å². The summed E-state index contributed by atoms with van der Waals surface area (Å²) in [6.45, 7) is 2.29. The van der Waals surface area contributed by atoms with Crippen LogP contribution in [0.3, 0.4) is 0 Å². The highest BCUT2D eigenvalue weighted by Crippen LogP contribution is 2.35. The molecule has 1 N–H and O–H groups in total. The molecule has 0 aliphatic heterocycles. The van der Waals surface area contributed by atoms with Gasteiger partial charge in [0.2, 0.25) is 0 Å². The van der Waals surface area contributed by atoms with Gasteiger partial charge in [0.25, 0.3) is 0 Å². The first-order valence-corrected chi connectivity index (χ1v) is 7.73. The van der Waals surface area contributed by atoms with E-state index in [1.807, 2.05) is 12.1 Å². The average Bonchev–Trinajstić information content (AvgIpc) is 2.81. The van der Waals surface area contributed by atoms with Crippen molar-refractivity contribution in [2.45, 2.75) is 64.1 Å². The van der Waals surface area contributed by atoms with E-state index in [1.54, 1.807) is 0 Å². The predicted molar refractivity (Wildman–Crippen MR) is 76.4 cm³/mol. The molecule has 1 atom stereocenters. The molecule has 0 bridgehead atoms. The maximum atomic E-state index is 9.81. The fraction of sp³-hybridized carbons (Fsp3) is 0.647. The van der Waals surface area contributed by atoms with Gasteiger partial charge >= 0.3 is 0 Å². The lowest BCUT2D eigenvalue weighted by Crippen LogP contribution is -2.23. The zero-order chi connectivity index (χ0) is 13.2. The van der Waals surface area contributed by atoms with Crippen molar-refractivity contribution in [1.29, 1.82) is 0 Å². The van der Waals surface area contributed by atoms with Crippen molar-refractivity contribution in [2.24, 2.45) is 5.92 Å². The predicted octanol–water partition coefficient (Wildman–Crippen LogP) is 4.01. The van der Waals surface area contributed by atoms with E-state index in [9.17, 15) is 5.11 Å². The first kappa shape index (κ1) is 13.0. The Kier molecular flexibility index (Phi) is 3.79. The van der Waals surface area contributed by atoms with Crippen LogP contribution in [0.5, 0.6) is 5.75 Å². The van der Waals surface area contributed by atoms with E-state index in [0.29, 0.717) is 6.10 Å². The van der Waals surface area contributed by atoms with Crippen LogP contribution in [-0.4, -0.2) is 11.2 Å². The second-order valence-electron chi connectivity index (χ2n) is 6.08. The third-order valence-corrected chi connectivity index (χ3v) is 4.83. The van der Waals surface area contributed by atoms with Crippen LogP contribution < -0.4 is 4.74 Å². The Hall–Kier alpha value is -1.02. The number of aliphatic hydroxyl groups excluding tert-OH is 1. The molecule has 0 amide bonds. The number of hydrogen-bond acceptors (Lipinski definition) is 2. The Labute approximate surface area is 115 Å². The van der Waals surface area contributed by atoms with Gasteiger partial charge in [-0.3, -0.25) is 0 Å². The number of benzene rings is 1. The Morgan fingerprint density at radius 3 is 2.68 bits per heavy atom. The third kappa shape index (κ3) is 2.79. The number of aliphatic hydroxyl groups is 1. The maximum Gasteiger partial charge on any atom is 0.120 e. The van der Waals surface area contributed by atoms with Gasteiger partial charge < -0.3 is 9.84 Å². The van der Waals surface area contributed by atoms with E-state index >= 15 is 0 Å². The molecule has 1 aromatic carbocycles. The fourth-order valence-corrected chi connectivity index (χ4v) is 3.50. The van der Waals surface area contributed by atoms with Crippen LogP contribution in [0.4, 0.5) is 0 Å². The van der Waals surface area contributed by atoms with Crippen molar-refractivity contribution in [3.63, 3.8) is 0 Å². The third-order valence-electron chi connectivity index (χ3n) is 4.83. The topological polar surface area (TPSA) is 29.5 Å². The number of ether oxygens (including phenoxy) is 1. The summed E-state index contributed by atoms with van der Waals surface area (Å²) < 4.78 is 6.13. The number of rotatable bonds is 3. The van der Waals surface area contributed by atoms with Gasteiger partial charge in [0.05, 0.1) is 12.2 Å². The lowest BCUT2D eigenvalue weighted by atomic mass is 9.86. The zero-order valence-electron chi connectivity index (χ0n) is 11.8. The van der Waals surface area contributed by atoms with Crippen LogP contribution in [-0.2, 0) is 6.42 Å². The second kappa shape index (κ2) is 5.54. The quantitative estimate of drug-likeness (QED) is 0.889. The molecule has 0 spiro atoms. The van der Waals surface area contributed by atoms with Gasteiger partial charge in [-0.15, -0.1) is 0 Å². The minimum atomic E-state index is -0.260. The van der Waals surface area contributed by atoms with Crippen molar-refractivity contribution < 1.29 is 9.84 Å². The van der Waals surface area contributed by atoms with E-state index in [4.69, 9.17) is 4.74 Å². The minimum absolute atomic E-state index is 0.260. The van der Waals surface area contributed by atoms with Gasteiger partial charge in [-0.05, 0) is 67.7 Å². The standard InChI is InChI=1S/C17H24O2/c1-2-12-3-6-14(7-4-12)19-15-8-9-16-13(11-15)5-10-17(16)18/h8-9,11-12,14,17-18H,2-7,10H2,1H3/t12?,14?,17-/m1/s1. The van der Waals surface area contributed by atoms with Gasteiger partial charge in [-0.2, -0.15) is 0 Å². The van der Waals surface area contributed by atoms with Crippen LogP contribution in [0, 0.1) is 5.92 Å². The normalized spacial score (nSPS) is 30.1. The Morgan fingerprint density at radius 2 is 1.95 bits per heavy atom. The summed E-state index contributed by atoms with van der Waals surface area (Å²) in [5.74, 6) is 1.91. The van der Waals surface area contributed by atoms with Gasteiger partial charge in [0, 0.05) is 0 Å². The van der Waals surface area contributed by atoms with Crippen LogP contribution in [0.2, 0.25) is 0 Å². The molecule has 0 heterocycles. The van der Waals surface area contributed by atoms with E-state index in [1.165, 1.54) is 37.7 Å². The molecular formula is C17H24O2. The van der Waals surface area contributed by atoms with Crippen molar-refractivity contribution in [3.05, 3.63) is 29.3 Å². The summed E-state index contributed by atoms with van der Waals surface area (Å²) in [6, 6.07) is 6.21. The van der Waals surface area contributed by atoms with Crippen LogP contribution in [0.25, 0.3) is 0 Å². The van der Waals surface area contributed by atoms with Gasteiger partial charge in [-0.25, -0.2) is 0 Å². The molecule has 19 heavy (non-hydrogen) atoms. The average molecular weight is 260 g/mol. The molecule has 104 valence electrons. The number of hydrogen-bond donors (Lipinski definition) is 1. The SMILES string of the molecule is CCC1CCC(Oc2ccc3c(c2)CC[C@H]3O)CC1. The first-order valence-electron chi connectivity index (χ1n) is 7.73. The zero-order valence-corrected chi connectivity index (χ0v) is 11.8. The smallest absolute Gasteiger partial charge is 0.120 e. The highest BCUT2D eigenvalue weighted by molar-refractivity contribution is 5.39. The summed E-state index contributed by atoms with van der Waals surface area (Å²) in [5.41, 5.74) is 2.37. The lowest BCUT2D eigenvalue weighted by molar-refractivity contribution is 0.130. The molecule has 1 saturated carbocycles. The molecule has 1 fully saturated rings. The molecule has 0 radical (unpaired) electrons. The molecule has 1 aromatic rings. The van der Waals surface area contributed by atoms with E-state index in [2.05, 4.69) is 13.0 Å². The molecule has 2 nitrogen and oxygen atoms in total. The molecule has 3 rings (SSSR count). The number of aryl methyl sites for hydroxylation is 1. The van der Waals surface area contributed by atoms with Crippen molar-refractivity contribution in [1.82, 2.24) is 0 Å². The van der Waals surface area contributed by atoms with Crippen molar-refractivity contribution >= 4 is 0 Å². The monoisotopic (exact) mass is 260 g/mol. The lowest BCUT2D eigenvalue weighted by Gasteiger charge is -2.28. The molecule has 0 aromatic heterocycles. The van der Waals surface area contributed by atoms with Crippen LogP contribution >= 0.6 is 0 Å². The Balaban J connectivity index is 1.62. The highest BCUT2D eigenvalue weighted by Gasteiger charge is 2.23. The van der Waals surface area contributed by atoms with Crippen LogP contribution in [0.1, 0.15) is 62.7 Å². The molecule has 2 aliphatic carbocycles. The first-order chi connectivity index (χ1) is 9.26. The minimum Gasteiger partial charge on any atom is -0.490 e. The summed E-state index contributed by atoms with van der Waals surface area (Å²) >= 11 is 0. The molecular weight excluding hydrogens is 236 g/mol. The Morgan fingerprint density at radius 1 is 1.16 bits per heavy atom. The molecule has 2 aliphatic rings. The Bertz CT molecular complexity index is 433. The van der Waals surface area contributed by atoms with Crippen molar-refractivity contribution in [2.75, 3.05) is 0 Å². The van der Waals surface area contributed by atoms with E-state index < -0.39 is 0 Å².